The molecule has 0 unspecified atom stereocenters. The fourth-order valence-corrected chi connectivity index (χ4v) is 8.47. The van der Waals surface area contributed by atoms with Gasteiger partial charge < -0.3 is 24.6 Å². The number of para-hydroxylation sites is 1. The number of ether oxygens (including phenoxy) is 2. The van der Waals surface area contributed by atoms with Gasteiger partial charge in [0.05, 0.1) is 29.5 Å². The lowest BCUT2D eigenvalue weighted by molar-refractivity contribution is -0.165. The van der Waals surface area contributed by atoms with Crippen molar-refractivity contribution in [3.63, 3.8) is 0 Å². The largest absolute Gasteiger partial charge is 0.364 e. The van der Waals surface area contributed by atoms with E-state index in [2.05, 4.69) is 55.4 Å². The molecule has 0 saturated carbocycles. The molecule has 6 aliphatic rings. The lowest BCUT2D eigenvalue weighted by Gasteiger charge is -2.58. The third kappa shape index (κ3) is 2.29. The summed E-state index contributed by atoms with van der Waals surface area (Å²) in [6.07, 6.45) is 0.411. The van der Waals surface area contributed by atoms with E-state index >= 15 is 4.79 Å². The van der Waals surface area contributed by atoms with Gasteiger partial charge in [-0.2, -0.15) is 5.26 Å². The first-order valence-electron chi connectivity index (χ1n) is 12.9. The maximum absolute atomic E-state index is 15.0. The molecule has 0 aromatic heterocycles. The number of nitrogens with one attached hydrogen (secondary N) is 1. The summed E-state index contributed by atoms with van der Waals surface area (Å²) in [6, 6.07) is 16.6. The molecule has 1 amide bonds. The lowest BCUT2D eigenvalue weighted by atomic mass is 9.50. The Labute approximate surface area is 212 Å². The Morgan fingerprint density at radius 2 is 1.92 bits per heavy atom. The molecule has 2 aromatic rings. The Balaban J connectivity index is 1.59. The van der Waals surface area contributed by atoms with Crippen molar-refractivity contribution in [3.8, 4) is 6.07 Å². The molecule has 5 atom stereocenters. The summed E-state index contributed by atoms with van der Waals surface area (Å²) in [4.78, 5) is 19.3. The van der Waals surface area contributed by atoms with E-state index in [1.165, 1.54) is 5.56 Å². The van der Waals surface area contributed by atoms with E-state index in [0.29, 0.717) is 6.54 Å². The number of piperidine rings is 1. The van der Waals surface area contributed by atoms with Crippen LogP contribution >= 0.6 is 0 Å². The number of fused-ring (bicyclic) bond motifs is 2. The van der Waals surface area contributed by atoms with Crippen molar-refractivity contribution in [1.29, 1.82) is 5.26 Å². The molecule has 0 radical (unpaired) electrons. The van der Waals surface area contributed by atoms with Crippen molar-refractivity contribution in [3.05, 3.63) is 59.2 Å². The van der Waals surface area contributed by atoms with Gasteiger partial charge in [0, 0.05) is 25.0 Å². The predicted molar refractivity (Wildman–Crippen MR) is 135 cm³/mol. The summed E-state index contributed by atoms with van der Waals surface area (Å²) in [5, 5.41) is 14.1. The second-order valence-corrected chi connectivity index (χ2v) is 12.0. The summed E-state index contributed by atoms with van der Waals surface area (Å²) in [7, 11) is 2.11. The molecular formula is C29H32N4O3. The number of carbonyl (C=O) groups is 1. The average Bonchev–Trinajstić information content (AvgIpc) is 3.10. The van der Waals surface area contributed by atoms with Gasteiger partial charge in [0.15, 0.2) is 5.79 Å². The predicted octanol–water partition coefficient (Wildman–Crippen LogP) is 4.19. The maximum Gasteiger partial charge on any atom is 0.236 e. The van der Waals surface area contributed by atoms with E-state index < -0.39 is 22.2 Å². The fraction of sp³-hybridized carbons (Fsp3) is 0.517. The van der Waals surface area contributed by atoms with Crippen LogP contribution in [0.1, 0.15) is 63.3 Å². The molecule has 186 valence electrons. The molecule has 0 aliphatic carbocycles. The lowest BCUT2D eigenvalue weighted by Crippen LogP contribution is -2.71. The van der Waals surface area contributed by atoms with Crippen LogP contribution in [-0.2, 0) is 25.1 Å². The quantitative estimate of drug-likeness (QED) is 0.689. The minimum Gasteiger partial charge on any atom is -0.364 e. The van der Waals surface area contributed by atoms with Crippen LogP contribution < -0.4 is 10.2 Å². The highest BCUT2D eigenvalue weighted by Gasteiger charge is 2.74. The molecule has 7 nitrogen and oxygen atoms in total. The van der Waals surface area contributed by atoms with Crippen molar-refractivity contribution in [1.82, 2.24) is 4.90 Å². The number of likely N-dealkylation sites (N-methyl/N-ethyl adjacent to an activating group) is 1. The van der Waals surface area contributed by atoms with Crippen LogP contribution in [-0.4, -0.2) is 48.1 Å². The molecule has 2 saturated heterocycles. The normalized spacial score (nSPS) is 36.1. The molecule has 8 rings (SSSR count). The minimum absolute atomic E-state index is 0.0285. The molecule has 2 bridgehead atoms. The van der Waals surface area contributed by atoms with Gasteiger partial charge in [-0.3, -0.25) is 4.79 Å². The van der Waals surface area contributed by atoms with Crippen LogP contribution in [0.5, 0.6) is 0 Å². The molecule has 1 N–H and O–H groups in total. The number of amides is 1. The summed E-state index contributed by atoms with van der Waals surface area (Å²) in [5.74, 6) is -0.732. The van der Waals surface area contributed by atoms with Gasteiger partial charge in [-0.25, -0.2) is 0 Å². The van der Waals surface area contributed by atoms with E-state index in [-0.39, 0.29) is 30.6 Å². The molecule has 36 heavy (non-hydrogen) atoms. The number of rotatable bonds is 2. The van der Waals surface area contributed by atoms with Crippen molar-refractivity contribution in [2.75, 3.05) is 23.8 Å². The highest BCUT2D eigenvalue weighted by Crippen LogP contribution is 2.68. The van der Waals surface area contributed by atoms with Crippen molar-refractivity contribution >= 4 is 17.3 Å². The first-order valence-corrected chi connectivity index (χ1v) is 12.9. The van der Waals surface area contributed by atoms with Gasteiger partial charge >= 0.3 is 0 Å². The maximum atomic E-state index is 15.0. The minimum atomic E-state index is -0.990. The number of hydrogen-bond donors (Lipinski definition) is 1. The summed E-state index contributed by atoms with van der Waals surface area (Å²) in [5.41, 5.74) is 3.13. The summed E-state index contributed by atoms with van der Waals surface area (Å²) in [6.45, 7) is 8.60. The van der Waals surface area contributed by atoms with E-state index in [0.717, 1.165) is 28.9 Å². The topological polar surface area (TPSA) is 77.8 Å². The highest BCUT2D eigenvalue weighted by atomic mass is 16.8. The molecular weight excluding hydrogens is 452 g/mol. The highest BCUT2D eigenvalue weighted by molar-refractivity contribution is 5.99. The molecule has 7 heteroatoms. The number of nitrogens with zero attached hydrogens (tertiary/aromatic N) is 3. The number of anilines is 2. The number of nitriles is 1. The zero-order valence-electron chi connectivity index (χ0n) is 21.5. The Hall–Kier alpha value is -3.08. The Kier molecular flexibility index (Phi) is 4.07. The third-order valence-electron chi connectivity index (χ3n) is 9.46. The molecule has 1 spiro atoms. The number of benzene rings is 2. The van der Waals surface area contributed by atoms with Gasteiger partial charge in [-0.05, 0) is 62.9 Å². The number of hydrogen-bond acceptors (Lipinski definition) is 6. The van der Waals surface area contributed by atoms with Crippen molar-refractivity contribution in [2.24, 2.45) is 0 Å². The second-order valence-electron chi connectivity index (χ2n) is 12.0. The van der Waals surface area contributed by atoms with Gasteiger partial charge in [0.1, 0.15) is 17.7 Å². The van der Waals surface area contributed by atoms with Crippen LogP contribution in [0.2, 0.25) is 0 Å². The van der Waals surface area contributed by atoms with E-state index in [1.54, 1.807) is 0 Å². The molecule has 6 heterocycles. The van der Waals surface area contributed by atoms with Gasteiger partial charge in [-0.15, -0.1) is 0 Å². The van der Waals surface area contributed by atoms with Gasteiger partial charge in [-0.1, -0.05) is 30.3 Å². The fourth-order valence-electron chi connectivity index (χ4n) is 8.47. The number of carbonyl (C=O) groups excluding carboxylic acids is 1. The standard InChI is InChI=1S/C29H32N4O3/c1-26(2)23(35-27(3,4)36-26)22-17-9-8-12-20-21(17)29-14-16-33(22)25(34)28(29,13-15-30)18-10-6-7-11-19(18)31-24(29)32(20)5/h6-12,22-24,31H,13-14,16H2,1-5H3/t22-,23-,24+,28-,29+/m0/s1. The van der Waals surface area contributed by atoms with Crippen molar-refractivity contribution in [2.45, 2.75) is 81.1 Å². The molecule has 6 aliphatic heterocycles. The first-order chi connectivity index (χ1) is 17.1. The van der Waals surface area contributed by atoms with Crippen LogP contribution in [0.3, 0.4) is 0 Å². The van der Waals surface area contributed by atoms with Gasteiger partial charge in [0.2, 0.25) is 5.91 Å². The van der Waals surface area contributed by atoms with Gasteiger partial charge in [0.25, 0.3) is 0 Å². The van der Waals surface area contributed by atoms with Crippen LogP contribution in [0, 0.1) is 11.3 Å². The SMILES string of the molecule is CN1c2cccc3c2[C@@]24CCN(C(=O)[C@]2(CC#N)c2ccccc2N[C@H]14)[C@@H]3[C@@H]1OC(C)(C)OC1(C)C. The Morgan fingerprint density at radius 3 is 2.64 bits per heavy atom. The van der Waals surface area contributed by atoms with Crippen LogP contribution in [0.4, 0.5) is 11.4 Å². The van der Waals surface area contributed by atoms with E-state index in [9.17, 15) is 5.26 Å². The molecule has 2 fully saturated rings. The smallest absolute Gasteiger partial charge is 0.236 e. The first kappa shape index (κ1) is 22.1. The monoisotopic (exact) mass is 484 g/mol. The summed E-state index contributed by atoms with van der Waals surface area (Å²) >= 11 is 0. The Bertz CT molecular complexity index is 1360. The third-order valence-corrected chi connectivity index (χ3v) is 9.46. The Morgan fingerprint density at radius 1 is 1.14 bits per heavy atom. The summed E-state index contributed by atoms with van der Waals surface area (Å²) < 4.78 is 13.0. The van der Waals surface area contributed by atoms with Crippen LogP contribution in [0.25, 0.3) is 0 Å². The average molecular weight is 485 g/mol. The second kappa shape index (κ2) is 6.62. The zero-order valence-corrected chi connectivity index (χ0v) is 21.5. The van der Waals surface area contributed by atoms with Crippen molar-refractivity contribution < 1.29 is 14.3 Å². The molecule has 2 aromatic carbocycles. The zero-order chi connectivity index (χ0) is 25.3. The van der Waals surface area contributed by atoms with E-state index in [4.69, 9.17) is 9.47 Å². The van der Waals surface area contributed by atoms with Crippen LogP contribution in [0.15, 0.2) is 42.5 Å². The van der Waals surface area contributed by atoms with E-state index in [1.807, 2.05) is 43.0 Å².